The molecule has 16 heavy (non-hydrogen) atoms. The minimum Gasteiger partial charge on any atom is -0.329 e. The second kappa shape index (κ2) is 3.97. The van der Waals surface area contributed by atoms with Gasteiger partial charge in [-0.15, -0.1) is 0 Å². The van der Waals surface area contributed by atoms with Crippen molar-refractivity contribution >= 4 is 0 Å². The quantitative estimate of drug-likeness (QED) is 0.759. The van der Waals surface area contributed by atoms with E-state index in [4.69, 9.17) is 5.73 Å². The van der Waals surface area contributed by atoms with Crippen molar-refractivity contribution in [2.24, 2.45) is 5.73 Å². The summed E-state index contributed by atoms with van der Waals surface area (Å²) in [6.07, 6.45) is 6.80. The van der Waals surface area contributed by atoms with Gasteiger partial charge in [0.1, 0.15) is 0 Å². The minimum atomic E-state index is 0.326. The molecule has 0 aromatic rings. The first kappa shape index (κ1) is 11.0. The van der Waals surface area contributed by atoms with Crippen LogP contribution < -0.4 is 5.73 Å². The van der Waals surface area contributed by atoms with Crippen LogP contribution in [0.25, 0.3) is 0 Å². The molecule has 0 saturated carbocycles. The maximum Gasteiger partial charge on any atom is 0.0501 e. The molecule has 3 atom stereocenters. The molecule has 0 bridgehead atoms. The molecular formula is C13H25N3. The maximum absolute atomic E-state index is 6.20. The number of likely N-dealkylation sites (tertiary alicyclic amines) is 1. The Morgan fingerprint density at radius 2 is 2.00 bits per heavy atom. The molecule has 3 nitrogen and oxygen atoms in total. The fourth-order valence-corrected chi connectivity index (χ4v) is 4.49. The highest BCUT2D eigenvalue weighted by Gasteiger charge is 2.53. The fourth-order valence-electron chi connectivity index (χ4n) is 4.49. The number of fused-ring (bicyclic) bond motifs is 1. The monoisotopic (exact) mass is 223 g/mol. The Morgan fingerprint density at radius 1 is 1.19 bits per heavy atom. The lowest BCUT2D eigenvalue weighted by molar-refractivity contribution is 0.0594. The van der Waals surface area contributed by atoms with Gasteiger partial charge < -0.3 is 5.73 Å². The Hall–Kier alpha value is -0.120. The van der Waals surface area contributed by atoms with Crippen molar-refractivity contribution in [2.45, 2.75) is 56.7 Å². The highest BCUT2D eigenvalue weighted by atomic mass is 15.3. The lowest BCUT2D eigenvalue weighted by Crippen LogP contribution is -2.60. The smallest absolute Gasteiger partial charge is 0.0501 e. The lowest BCUT2D eigenvalue weighted by Gasteiger charge is -2.45. The van der Waals surface area contributed by atoms with Crippen LogP contribution in [0.4, 0.5) is 0 Å². The Balaban J connectivity index is 1.87. The molecule has 3 heterocycles. The minimum absolute atomic E-state index is 0.326. The zero-order chi connectivity index (χ0) is 11.2. The van der Waals surface area contributed by atoms with Crippen LogP contribution in [0.15, 0.2) is 0 Å². The molecule has 0 aliphatic carbocycles. The molecule has 3 heteroatoms. The van der Waals surface area contributed by atoms with E-state index >= 15 is 0 Å². The van der Waals surface area contributed by atoms with Gasteiger partial charge in [0, 0.05) is 25.2 Å². The van der Waals surface area contributed by atoms with Crippen molar-refractivity contribution < 1.29 is 0 Å². The molecule has 0 aromatic heterocycles. The van der Waals surface area contributed by atoms with E-state index in [1.54, 1.807) is 0 Å². The predicted molar refractivity (Wildman–Crippen MR) is 66.4 cm³/mol. The molecule has 92 valence electrons. The first-order valence-electron chi connectivity index (χ1n) is 6.99. The van der Waals surface area contributed by atoms with Crippen LogP contribution in [-0.4, -0.2) is 53.6 Å². The summed E-state index contributed by atoms with van der Waals surface area (Å²) in [7, 11) is 0. The number of hydrogen-bond acceptors (Lipinski definition) is 3. The topological polar surface area (TPSA) is 32.5 Å². The van der Waals surface area contributed by atoms with Gasteiger partial charge in [0.15, 0.2) is 0 Å². The third kappa shape index (κ3) is 1.38. The van der Waals surface area contributed by atoms with Gasteiger partial charge in [-0.25, -0.2) is 0 Å². The Bertz CT molecular complexity index is 268. The summed E-state index contributed by atoms with van der Waals surface area (Å²) in [4.78, 5) is 5.45. The van der Waals surface area contributed by atoms with Crippen molar-refractivity contribution in [3.05, 3.63) is 0 Å². The zero-order valence-electron chi connectivity index (χ0n) is 10.5. The maximum atomic E-state index is 6.20. The molecule has 0 aromatic carbocycles. The van der Waals surface area contributed by atoms with E-state index in [2.05, 4.69) is 16.7 Å². The molecule has 3 unspecified atom stereocenters. The molecule has 3 aliphatic rings. The van der Waals surface area contributed by atoms with Gasteiger partial charge in [-0.3, -0.25) is 9.80 Å². The number of hydrogen-bond donors (Lipinski definition) is 1. The molecule has 0 amide bonds. The number of nitrogens with zero attached hydrogens (tertiary/aromatic N) is 2. The first-order valence-corrected chi connectivity index (χ1v) is 6.99. The largest absolute Gasteiger partial charge is 0.329 e. The molecule has 3 saturated heterocycles. The predicted octanol–water partition coefficient (Wildman–Crippen LogP) is 1.04. The van der Waals surface area contributed by atoms with Crippen molar-refractivity contribution in [1.29, 1.82) is 0 Å². The van der Waals surface area contributed by atoms with Gasteiger partial charge in [-0.2, -0.15) is 0 Å². The van der Waals surface area contributed by atoms with Crippen LogP contribution >= 0.6 is 0 Å². The summed E-state index contributed by atoms with van der Waals surface area (Å²) in [5.41, 5.74) is 6.52. The van der Waals surface area contributed by atoms with Crippen molar-refractivity contribution in [3.63, 3.8) is 0 Å². The molecule has 2 N–H and O–H groups in total. The lowest BCUT2D eigenvalue weighted by atomic mass is 9.86. The summed E-state index contributed by atoms with van der Waals surface area (Å²) in [6.45, 7) is 7.13. The van der Waals surface area contributed by atoms with E-state index in [-0.39, 0.29) is 0 Å². The van der Waals surface area contributed by atoms with Crippen LogP contribution in [0.2, 0.25) is 0 Å². The van der Waals surface area contributed by atoms with Gasteiger partial charge in [0.05, 0.1) is 5.54 Å². The van der Waals surface area contributed by atoms with Gasteiger partial charge in [0.25, 0.3) is 0 Å². The van der Waals surface area contributed by atoms with Crippen LogP contribution in [-0.2, 0) is 0 Å². The van der Waals surface area contributed by atoms with Crippen molar-refractivity contribution in [2.75, 3.05) is 26.2 Å². The van der Waals surface area contributed by atoms with E-state index in [0.29, 0.717) is 5.54 Å². The Morgan fingerprint density at radius 3 is 2.69 bits per heavy atom. The van der Waals surface area contributed by atoms with Crippen LogP contribution in [0.1, 0.15) is 39.0 Å². The summed E-state index contributed by atoms with van der Waals surface area (Å²) >= 11 is 0. The molecule has 3 fully saturated rings. The van der Waals surface area contributed by atoms with Crippen LogP contribution in [0.3, 0.4) is 0 Å². The number of nitrogens with two attached hydrogens (primary N) is 1. The molecule has 3 rings (SSSR count). The van der Waals surface area contributed by atoms with Crippen LogP contribution in [0, 0.1) is 0 Å². The second-order valence-corrected chi connectivity index (χ2v) is 5.94. The second-order valence-electron chi connectivity index (χ2n) is 5.94. The van der Waals surface area contributed by atoms with Crippen LogP contribution in [0.5, 0.6) is 0 Å². The highest BCUT2D eigenvalue weighted by Crippen LogP contribution is 2.42. The number of rotatable bonds is 2. The van der Waals surface area contributed by atoms with Gasteiger partial charge in [-0.1, -0.05) is 0 Å². The first-order chi connectivity index (χ1) is 7.78. The average Bonchev–Trinajstić information content (AvgIpc) is 2.93. The average molecular weight is 223 g/mol. The van der Waals surface area contributed by atoms with Gasteiger partial charge in [-0.05, 0) is 52.1 Å². The SMILES string of the molecule is CC1CCCN1C1(CN)CCN2CCCC21. The third-order valence-electron chi connectivity index (χ3n) is 5.29. The van der Waals surface area contributed by atoms with Gasteiger partial charge >= 0.3 is 0 Å². The fraction of sp³-hybridized carbons (Fsp3) is 1.00. The Labute approximate surface area is 99.0 Å². The normalized spacial score (nSPS) is 45.4. The third-order valence-corrected chi connectivity index (χ3v) is 5.29. The zero-order valence-corrected chi connectivity index (χ0v) is 10.5. The summed E-state index contributed by atoms with van der Waals surface area (Å²) < 4.78 is 0. The van der Waals surface area contributed by atoms with E-state index in [9.17, 15) is 0 Å². The van der Waals surface area contributed by atoms with Gasteiger partial charge in [0.2, 0.25) is 0 Å². The summed E-state index contributed by atoms with van der Waals surface area (Å²) in [5.74, 6) is 0. The summed E-state index contributed by atoms with van der Waals surface area (Å²) in [6, 6.07) is 1.52. The van der Waals surface area contributed by atoms with E-state index in [1.807, 2.05) is 0 Å². The molecule has 3 aliphatic heterocycles. The summed E-state index contributed by atoms with van der Waals surface area (Å²) in [5, 5.41) is 0. The molecular weight excluding hydrogens is 198 g/mol. The molecule has 0 radical (unpaired) electrons. The van der Waals surface area contributed by atoms with E-state index in [0.717, 1.165) is 18.6 Å². The van der Waals surface area contributed by atoms with Crippen molar-refractivity contribution in [3.8, 4) is 0 Å². The van der Waals surface area contributed by atoms with E-state index in [1.165, 1.54) is 51.7 Å². The highest BCUT2D eigenvalue weighted by molar-refractivity contribution is 5.11. The molecule has 0 spiro atoms. The standard InChI is InChI=1S/C13H25N3/c1-11-4-2-8-16(11)13(10-14)6-9-15-7-3-5-12(13)15/h11-12H,2-10,14H2,1H3. The Kier molecular flexibility index (Phi) is 2.73. The van der Waals surface area contributed by atoms with Crippen molar-refractivity contribution in [1.82, 2.24) is 9.80 Å². The van der Waals surface area contributed by atoms with E-state index < -0.39 is 0 Å².